The van der Waals surface area contributed by atoms with Crippen LogP contribution in [-0.4, -0.2) is 20.3 Å². The highest BCUT2D eigenvalue weighted by Crippen LogP contribution is 2.26. The number of hydrogen-bond acceptors (Lipinski definition) is 6. The molecule has 0 spiro atoms. The first-order chi connectivity index (χ1) is 16.7. The van der Waals surface area contributed by atoms with E-state index in [1.807, 2.05) is 0 Å². The number of hydrogen-bond donors (Lipinski definition) is 2. The molecule has 3 aromatic rings. The van der Waals surface area contributed by atoms with Crippen LogP contribution in [0.3, 0.4) is 0 Å². The number of esters is 1. The number of carbonyl (C=O) groups is 2. The molecule has 9 heteroatoms. The molecule has 8 nitrogen and oxygen atoms in total. The number of sulfonamides is 1. The van der Waals surface area contributed by atoms with Crippen molar-refractivity contribution in [2.24, 2.45) is 0 Å². The highest BCUT2D eigenvalue weighted by Gasteiger charge is 2.24. The van der Waals surface area contributed by atoms with Gasteiger partial charge in [0.05, 0.1) is 16.3 Å². The fraction of sp³-hybridized carbons (Fsp3) is 0.0385. The van der Waals surface area contributed by atoms with Crippen molar-refractivity contribution in [3.63, 3.8) is 0 Å². The Kier molecular flexibility index (Phi) is 7.81. The van der Waals surface area contributed by atoms with Crippen molar-refractivity contribution in [1.82, 2.24) is 4.72 Å². The summed E-state index contributed by atoms with van der Waals surface area (Å²) in [6.07, 6.45) is 0. The molecule has 0 bridgehead atoms. The second kappa shape index (κ2) is 11.0. The van der Waals surface area contributed by atoms with Gasteiger partial charge in [0.2, 0.25) is 0 Å². The predicted octanol–water partition coefficient (Wildman–Crippen LogP) is 4.02. The second-order valence-electron chi connectivity index (χ2n) is 7.27. The van der Waals surface area contributed by atoms with Crippen LogP contribution in [-0.2, 0) is 19.6 Å². The van der Waals surface area contributed by atoms with Crippen LogP contribution in [0.2, 0.25) is 0 Å². The van der Waals surface area contributed by atoms with Gasteiger partial charge in [-0.25, -0.2) is 13.2 Å². The molecule has 0 fully saturated rings. The molecule has 2 N–H and O–H groups in total. The number of para-hydroxylation sites is 2. The molecular weight excluding hydrogens is 466 g/mol. The minimum absolute atomic E-state index is 0.0387. The number of rotatable bonds is 8. The quantitative estimate of drug-likeness (QED) is 0.214. The lowest BCUT2D eigenvalue weighted by molar-refractivity contribution is -0.130. The summed E-state index contributed by atoms with van der Waals surface area (Å²) in [6.45, 7) is 5.00. The number of ether oxygens (including phenoxy) is 1. The van der Waals surface area contributed by atoms with Crippen molar-refractivity contribution >= 4 is 33.3 Å². The van der Waals surface area contributed by atoms with E-state index in [0.29, 0.717) is 5.56 Å². The standard InChI is InChI=1S/C26H21N3O5S/c1-18(2)26(31)34-23-16-10-9-15-22(23)28-25(30)21(17-27)24(19-11-5-3-6-12-19)29-35(32,33)20-13-7-4-8-14-20/h3-16,29H,1H2,2H3,(H,28,30). The molecule has 0 saturated carbocycles. The van der Waals surface area contributed by atoms with E-state index in [1.165, 1.54) is 31.2 Å². The van der Waals surface area contributed by atoms with Gasteiger partial charge in [-0.3, -0.25) is 9.52 Å². The predicted molar refractivity (Wildman–Crippen MR) is 131 cm³/mol. The summed E-state index contributed by atoms with van der Waals surface area (Å²) < 4.78 is 33.6. The van der Waals surface area contributed by atoms with Gasteiger partial charge >= 0.3 is 5.97 Å². The maximum atomic E-state index is 13.2. The smallest absolute Gasteiger partial charge is 0.338 e. The molecule has 0 unspecified atom stereocenters. The summed E-state index contributed by atoms with van der Waals surface area (Å²) in [4.78, 5) is 25.1. The van der Waals surface area contributed by atoms with Crippen molar-refractivity contribution in [2.45, 2.75) is 11.8 Å². The Labute approximate surface area is 203 Å². The Morgan fingerprint density at radius 1 is 0.914 bits per heavy atom. The molecule has 3 rings (SSSR count). The zero-order valence-corrected chi connectivity index (χ0v) is 19.5. The minimum Gasteiger partial charge on any atom is -0.421 e. The first kappa shape index (κ1) is 25.0. The van der Waals surface area contributed by atoms with Crippen LogP contribution in [0.25, 0.3) is 5.70 Å². The summed E-state index contributed by atoms with van der Waals surface area (Å²) in [7, 11) is -4.12. The lowest BCUT2D eigenvalue weighted by Crippen LogP contribution is -2.26. The van der Waals surface area contributed by atoms with E-state index in [1.54, 1.807) is 66.7 Å². The lowest BCUT2D eigenvalue weighted by atomic mass is 10.1. The lowest BCUT2D eigenvalue weighted by Gasteiger charge is -2.15. The fourth-order valence-electron chi connectivity index (χ4n) is 2.90. The number of carbonyl (C=O) groups excluding carboxylic acids is 2. The van der Waals surface area contributed by atoms with Crippen LogP contribution in [0.5, 0.6) is 5.75 Å². The van der Waals surface area contributed by atoms with Gasteiger partial charge in [-0.15, -0.1) is 0 Å². The van der Waals surface area contributed by atoms with Gasteiger partial charge in [-0.05, 0) is 31.2 Å². The first-order valence-electron chi connectivity index (χ1n) is 10.3. The van der Waals surface area contributed by atoms with Crippen LogP contribution in [0.15, 0.2) is 108 Å². The van der Waals surface area contributed by atoms with Crippen molar-refractivity contribution in [1.29, 1.82) is 5.26 Å². The van der Waals surface area contributed by atoms with E-state index < -0.39 is 27.5 Å². The average molecular weight is 488 g/mol. The van der Waals surface area contributed by atoms with Crippen LogP contribution < -0.4 is 14.8 Å². The summed E-state index contributed by atoms with van der Waals surface area (Å²) in [5, 5.41) is 12.4. The van der Waals surface area contributed by atoms with Crippen LogP contribution in [0.4, 0.5) is 5.69 Å². The highest BCUT2D eigenvalue weighted by atomic mass is 32.2. The third kappa shape index (κ3) is 6.22. The molecule has 35 heavy (non-hydrogen) atoms. The fourth-order valence-corrected chi connectivity index (χ4v) is 4.02. The maximum Gasteiger partial charge on any atom is 0.338 e. The molecule has 0 aliphatic heterocycles. The van der Waals surface area contributed by atoms with Crippen LogP contribution in [0, 0.1) is 11.3 Å². The summed E-state index contributed by atoms with van der Waals surface area (Å²) >= 11 is 0. The van der Waals surface area contributed by atoms with E-state index >= 15 is 0 Å². The molecule has 1 amide bonds. The van der Waals surface area contributed by atoms with Gasteiger partial charge < -0.3 is 10.1 Å². The highest BCUT2D eigenvalue weighted by molar-refractivity contribution is 7.89. The first-order valence-corrected chi connectivity index (χ1v) is 11.8. The Morgan fingerprint density at radius 3 is 2.09 bits per heavy atom. The van der Waals surface area contributed by atoms with Gasteiger partial charge in [-0.1, -0.05) is 67.2 Å². The SMILES string of the molecule is C=C(C)C(=O)Oc1ccccc1NC(=O)C(C#N)=C(NS(=O)(=O)c1ccccc1)c1ccccc1. The van der Waals surface area contributed by atoms with E-state index in [-0.39, 0.29) is 27.6 Å². The third-order valence-electron chi connectivity index (χ3n) is 4.63. The van der Waals surface area contributed by atoms with E-state index in [9.17, 15) is 23.3 Å². The zero-order chi connectivity index (χ0) is 25.4. The van der Waals surface area contributed by atoms with Gasteiger partial charge in [0.1, 0.15) is 11.6 Å². The van der Waals surface area contributed by atoms with Gasteiger partial charge in [0.25, 0.3) is 15.9 Å². The van der Waals surface area contributed by atoms with Crippen LogP contribution >= 0.6 is 0 Å². The molecule has 0 aliphatic carbocycles. The third-order valence-corrected chi connectivity index (χ3v) is 5.99. The molecule has 176 valence electrons. The van der Waals surface area contributed by atoms with Crippen molar-refractivity contribution in [3.05, 3.63) is 108 Å². The van der Waals surface area contributed by atoms with Crippen molar-refractivity contribution < 1.29 is 22.7 Å². The van der Waals surface area contributed by atoms with Gasteiger partial charge in [-0.2, -0.15) is 5.26 Å². The number of amides is 1. The zero-order valence-electron chi connectivity index (χ0n) is 18.7. The number of nitrogens with zero attached hydrogens (tertiary/aromatic N) is 1. The largest absolute Gasteiger partial charge is 0.421 e. The Balaban J connectivity index is 2.04. The second-order valence-corrected chi connectivity index (χ2v) is 8.95. The number of nitrogens with one attached hydrogen (secondary N) is 2. The van der Waals surface area contributed by atoms with Gasteiger partial charge in [0.15, 0.2) is 5.75 Å². The van der Waals surface area contributed by atoms with E-state index in [2.05, 4.69) is 16.6 Å². The average Bonchev–Trinajstić information content (AvgIpc) is 2.86. The number of benzene rings is 3. The topological polar surface area (TPSA) is 125 Å². The summed E-state index contributed by atoms with van der Waals surface area (Å²) in [5.74, 6) is -1.55. The normalized spacial score (nSPS) is 11.4. The van der Waals surface area contributed by atoms with Crippen molar-refractivity contribution in [2.75, 3.05) is 5.32 Å². The van der Waals surface area contributed by atoms with Gasteiger partial charge in [0, 0.05) is 11.1 Å². The maximum absolute atomic E-state index is 13.2. The molecule has 0 saturated heterocycles. The molecule has 0 aromatic heterocycles. The van der Waals surface area contributed by atoms with E-state index in [4.69, 9.17) is 4.74 Å². The van der Waals surface area contributed by atoms with E-state index in [0.717, 1.165) is 0 Å². The minimum atomic E-state index is -4.12. The Hall–Kier alpha value is -4.68. The number of nitriles is 1. The monoisotopic (exact) mass is 487 g/mol. The molecular formula is C26H21N3O5S. The molecule has 0 atom stereocenters. The molecule has 0 radical (unpaired) electrons. The summed E-state index contributed by atoms with van der Waals surface area (Å²) in [6, 6.07) is 23.6. The van der Waals surface area contributed by atoms with Crippen LogP contribution in [0.1, 0.15) is 12.5 Å². The molecule has 3 aromatic carbocycles. The Morgan fingerprint density at radius 2 is 1.49 bits per heavy atom. The Bertz CT molecular complexity index is 1440. The van der Waals surface area contributed by atoms with Crippen molar-refractivity contribution in [3.8, 4) is 11.8 Å². The molecule has 0 aliphatic rings. The summed E-state index contributed by atoms with van der Waals surface area (Å²) in [5.41, 5.74) is -0.119. The number of anilines is 1. The molecule has 0 heterocycles.